The lowest BCUT2D eigenvalue weighted by Crippen LogP contribution is -2.49. The second kappa shape index (κ2) is 7.19. The van der Waals surface area contributed by atoms with E-state index in [1.54, 1.807) is 10.9 Å². The van der Waals surface area contributed by atoms with Gasteiger partial charge in [-0.3, -0.25) is 4.79 Å². The molecule has 3 aromatic rings. The summed E-state index contributed by atoms with van der Waals surface area (Å²) in [6, 6.07) is 11.6. The average molecular weight is 362 g/mol. The monoisotopic (exact) mass is 362 g/mol. The van der Waals surface area contributed by atoms with Gasteiger partial charge < -0.3 is 9.80 Å². The second-order valence-corrected chi connectivity index (χ2v) is 6.68. The maximum atomic E-state index is 12.8. The first-order chi connectivity index (χ1) is 13.1. The number of anilines is 1. The van der Waals surface area contributed by atoms with Crippen LogP contribution >= 0.6 is 0 Å². The molecule has 27 heavy (non-hydrogen) atoms. The lowest BCUT2D eigenvalue weighted by atomic mass is 10.1. The summed E-state index contributed by atoms with van der Waals surface area (Å²) in [6.45, 7) is 6.69. The molecule has 1 amide bonds. The molecule has 0 atom stereocenters. The van der Waals surface area contributed by atoms with E-state index in [4.69, 9.17) is 0 Å². The minimum Gasteiger partial charge on any atom is -0.353 e. The first-order valence-electron chi connectivity index (χ1n) is 9.07. The summed E-state index contributed by atoms with van der Waals surface area (Å²) in [4.78, 5) is 26.0. The molecule has 1 saturated heterocycles. The van der Waals surface area contributed by atoms with Crippen LogP contribution < -0.4 is 4.90 Å². The van der Waals surface area contributed by atoms with Gasteiger partial charge in [-0.05, 0) is 31.5 Å². The Morgan fingerprint density at radius 2 is 1.70 bits per heavy atom. The van der Waals surface area contributed by atoms with Gasteiger partial charge in [-0.2, -0.15) is 5.10 Å². The maximum absolute atomic E-state index is 12.8. The van der Waals surface area contributed by atoms with Crippen molar-refractivity contribution in [3.8, 4) is 5.82 Å². The van der Waals surface area contributed by atoms with Crippen LogP contribution in [0.25, 0.3) is 5.82 Å². The maximum Gasteiger partial charge on any atom is 0.254 e. The summed E-state index contributed by atoms with van der Waals surface area (Å²) < 4.78 is 1.73. The summed E-state index contributed by atoms with van der Waals surface area (Å²) in [6.07, 6.45) is 3.59. The third-order valence-electron chi connectivity index (χ3n) is 4.82. The van der Waals surface area contributed by atoms with E-state index < -0.39 is 0 Å². The zero-order valence-electron chi connectivity index (χ0n) is 15.5. The molecule has 3 heterocycles. The third kappa shape index (κ3) is 3.53. The van der Waals surface area contributed by atoms with Gasteiger partial charge in [0.25, 0.3) is 5.91 Å². The van der Waals surface area contributed by atoms with Crippen LogP contribution in [0, 0.1) is 13.8 Å². The van der Waals surface area contributed by atoms with Gasteiger partial charge in [0.1, 0.15) is 11.6 Å². The Morgan fingerprint density at radius 3 is 2.41 bits per heavy atom. The molecular weight excluding hydrogens is 340 g/mol. The smallest absolute Gasteiger partial charge is 0.254 e. The summed E-state index contributed by atoms with van der Waals surface area (Å²) in [5, 5.41) is 4.25. The molecule has 0 unspecified atom stereocenters. The highest BCUT2D eigenvalue weighted by atomic mass is 16.2. The van der Waals surface area contributed by atoms with Crippen molar-refractivity contribution in [1.82, 2.24) is 24.6 Å². The molecule has 0 spiro atoms. The molecule has 0 bridgehead atoms. The number of aromatic nitrogens is 4. The molecule has 0 saturated carbocycles. The van der Waals surface area contributed by atoms with Crippen molar-refractivity contribution in [2.24, 2.45) is 0 Å². The van der Waals surface area contributed by atoms with Crippen LogP contribution in [-0.4, -0.2) is 56.7 Å². The van der Waals surface area contributed by atoms with Crippen LogP contribution in [0.1, 0.15) is 21.7 Å². The molecular formula is C20H22N6O. The number of aryl methyl sites for hydroxylation is 2. The fourth-order valence-corrected chi connectivity index (χ4v) is 3.34. The van der Waals surface area contributed by atoms with E-state index in [-0.39, 0.29) is 5.91 Å². The van der Waals surface area contributed by atoms with E-state index in [0.29, 0.717) is 18.9 Å². The van der Waals surface area contributed by atoms with E-state index in [1.807, 2.05) is 61.3 Å². The molecule has 4 rings (SSSR count). The van der Waals surface area contributed by atoms with E-state index in [1.165, 1.54) is 0 Å². The Labute approximate surface area is 158 Å². The highest BCUT2D eigenvalue weighted by molar-refractivity contribution is 5.95. The predicted octanol–water partition coefficient (Wildman–Crippen LogP) is 2.24. The van der Waals surface area contributed by atoms with E-state index in [0.717, 1.165) is 35.9 Å². The molecule has 2 aromatic heterocycles. The van der Waals surface area contributed by atoms with Gasteiger partial charge in [-0.15, -0.1) is 0 Å². The lowest BCUT2D eigenvalue weighted by Gasteiger charge is -2.35. The molecule has 138 valence electrons. The Morgan fingerprint density at radius 1 is 0.963 bits per heavy atom. The Kier molecular flexibility index (Phi) is 4.58. The zero-order valence-corrected chi connectivity index (χ0v) is 15.5. The van der Waals surface area contributed by atoms with Gasteiger partial charge in [-0.1, -0.05) is 18.2 Å². The summed E-state index contributed by atoms with van der Waals surface area (Å²) in [7, 11) is 0. The van der Waals surface area contributed by atoms with E-state index >= 15 is 0 Å². The van der Waals surface area contributed by atoms with Crippen LogP contribution in [0.15, 0.2) is 48.8 Å². The molecule has 0 aliphatic carbocycles. The number of benzene rings is 1. The van der Waals surface area contributed by atoms with Crippen LogP contribution in [0.5, 0.6) is 0 Å². The second-order valence-electron chi connectivity index (χ2n) is 6.68. The zero-order chi connectivity index (χ0) is 18.8. The van der Waals surface area contributed by atoms with Gasteiger partial charge in [-0.25, -0.2) is 14.6 Å². The largest absolute Gasteiger partial charge is 0.353 e. The van der Waals surface area contributed by atoms with Crippen molar-refractivity contribution in [2.75, 3.05) is 31.1 Å². The normalized spacial score (nSPS) is 14.4. The third-order valence-corrected chi connectivity index (χ3v) is 4.82. The van der Waals surface area contributed by atoms with Gasteiger partial charge in [0.05, 0.1) is 0 Å². The Bertz CT molecular complexity index is 945. The number of nitrogens with zero attached hydrogens (tertiary/aromatic N) is 6. The first-order valence-corrected chi connectivity index (χ1v) is 9.07. The molecule has 1 fully saturated rings. The average Bonchev–Trinajstić information content (AvgIpc) is 3.22. The molecule has 1 aliphatic heterocycles. The topological polar surface area (TPSA) is 67.2 Å². The van der Waals surface area contributed by atoms with Crippen molar-refractivity contribution in [3.05, 3.63) is 65.7 Å². The SMILES string of the molecule is Cc1nc(N2CCN(C(=O)c3ccccc3C)CC2)cc(-n2cccn2)n1. The molecule has 0 N–H and O–H groups in total. The van der Waals surface area contributed by atoms with Crippen molar-refractivity contribution < 1.29 is 4.79 Å². The summed E-state index contributed by atoms with van der Waals surface area (Å²) in [5.41, 5.74) is 1.80. The molecule has 7 heteroatoms. The number of hydrogen-bond donors (Lipinski definition) is 0. The fraction of sp³-hybridized carbons (Fsp3) is 0.300. The summed E-state index contributed by atoms with van der Waals surface area (Å²) in [5.74, 6) is 2.43. The van der Waals surface area contributed by atoms with Gasteiger partial charge in [0.2, 0.25) is 0 Å². The highest BCUT2D eigenvalue weighted by Gasteiger charge is 2.24. The number of carbonyl (C=O) groups is 1. The molecule has 1 aliphatic rings. The van der Waals surface area contributed by atoms with Crippen LogP contribution in [0.3, 0.4) is 0 Å². The van der Waals surface area contributed by atoms with Crippen LogP contribution in [0.4, 0.5) is 5.82 Å². The van der Waals surface area contributed by atoms with Gasteiger partial charge in [0, 0.05) is 50.2 Å². The lowest BCUT2D eigenvalue weighted by molar-refractivity contribution is 0.0745. The number of piperazine rings is 1. The molecule has 1 aromatic carbocycles. The number of rotatable bonds is 3. The van der Waals surface area contributed by atoms with Gasteiger partial charge in [0.15, 0.2) is 5.82 Å². The van der Waals surface area contributed by atoms with E-state index in [9.17, 15) is 4.79 Å². The highest BCUT2D eigenvalue weighted by Crippen LogP contribution is 2.19. The van der Waals surface area contributed by atoms with Crippen molar-refractivity contribution in [3.63, 3.8) is 0 Å². The van der Waals surface area contributed by atoms with Gasteiger partial charge >= 0.3 is 0 Å². The standard InChI is InChI=1S/C20H22N6O/c1-15-6-3-4-7-17(15)20(27)25-12-10-24(11-13-25)18-14-19(23-16(2)22-18)26-9-5-8-21-26/h3-9,14H,10-13H2,1-2H3. The van der Waals surface area contributed by atoms with Crippen LogP contribution in [0.2, 0.25) is 0 Å². The minimum atomic E-state index is 0.101. The summed E-state index contributed by atoms with van der Waals surface area (Å²) >= 11 is 0. The fourth-order valence-electron chi connectivity index (χ4n) is 3.34. The Hall–Kier alpha value is -3.22. The Balaban J connectivity index is 1.48. The van der Waals surface area contributed by atoms with Crippen molar-refractivity contribution in [1.29, 1.82) is 0 Å². The van der Waals surface area contributed by atoms with Crippen LogP contribution in [-0.2, 0) is 0 Å². The predicted molar refractivity (Wildman–Crippen MR) is 103 cm³/mol. The number of hydrogen-bond acceptors (Lipinski definition) is 5. The molecule has 7 nitrogen and oxygen atoms in total. The molecule has 0 radical (unpaired) electrons. The van der Waals surface area contributed by atoms with Crippen molar-refractivity contribution >= 4 is 11.7 Å². The minimum absolute atomic E-state index is 0.101. The van der Waals surface area contributed by atoms with E-state index in [2.05, 4.69) is 20.0 Å². The number of amides is 1. The number of carbonyl (C=O) groups excluding carboxylic acids is 1. The first kappa shape index (κ1) is 17.2. The van der Waals surface area contributed by atoms with Crippen molar-refractivity contribution in [2.45, 2.75) is 13.8 Å². The quantitative estimate of drug-likeness (QED) is 0.715.